The molecular weight excluding hydrogens is 282 g/mol. The zero-order valence-corrected chi connectivity index (χ0v) is 12.5. The summed E-state index contributed by atoms with van der Waals surface area (Å²) in [6, 6.07) is 4.81. The Labute approximate surface area is 118 Å². The second kappa shape index (κ2) is 6.58. The van der Waals surface area contributed by atoms with E-state index in [0.717, 1.165) is 4.31 Å². The fourth-order valence-electron chi connectivity index (χ4n) is 1.54. The highest BCUT2D eigenvalue weighted by Crippen LogP contribution is 2.23. The Morgan fingerprint density at radius 2 is 2.05 bits per heavy atom. The van der Waals surface area contributed by atoms with Crippen LogP contribution in [0.25, 0.3) is 0 Å². The number of ether oxygens (including phenoxy) is 1. The molecule has 112 valence electrons. The standard InChI is InChI=1S/C12H19N3O4S/c1-15(2)20(17,18)8-7-14-11-9(12(16)19-3)5-4-6-10(11)13/h4-6,14H,7-8,13H2,1-3H3. The summed E-state index contributed by atoms with van der Waals surface area (Å²) in [6.45, 7) is 0.138. The Morgan fingerprint density at radius 1 is 1.40 bits per heavy atom. The van der Waals surface area contributed by atoms with Gasteiger partial charge in [-0.05, 0) is 12.1 Å². The molecule has 0 radical (unpaired) electrons. The third kappa shape index (κ3) is 3.84. The molecular formula is C12H19N3O4S. The van der Waals surface area contributed by atoms with Gasteiger partial charge in [0.25, 0.3) is 0 Å². The fourth-order valence-corrected chi connectivity index (χ4v) is 2.26. The van der Waals surface area contributed by atoms with Crippen LogP contribution in [-0.2, 0) is 14.8 Å². The number of hydrogen-bond acceptors (Lipinski definition) is 6. The monoisotopic (exact) mass is 301 g/mol. The van der Waals surface area contributed by atoms with Crippen LogP contribution >= 0.6 is 0 Å². The molecule has 0 amide bonds. The van der Waals surface area contributed by atoms with Crippen LogP contribution in [0, 0.1) is 0 Å². The predicted molar refractivity (Wildman–Crippen MR) is 78.2 cm³/mol. The van der Waals surface area contributed by atoms with E-state index >= 15 is 0 Å². The minimum atomic E-state index is -3.31. The number of benzene rings is 1. The number of esters is 1. The van der Waals surface area contributed by atoms with Gasteiger partial charge in [-0.2, -0.15) is 0 Å². The van der Waals surface area contributed by atoms with Gasteiger partial charge in [0, 0.05) is 20.6 Å². The first-order valence-electron chi connectivity index (χ1n) is 5.90. The predicted octanol–water partition coefficient (Wildman–Crippen LogP) is 0.359. The molecule has 20 heavy (non-hydrogen) atoms. The van der Waals surface area contributed by atoms with E-state index in [0.29, 0.717) is 11.4 Å². The molecule has 0 heterocycles. The highest BCUT2D eigenvalue weighted by atomic mass is 32.2. The van der Waals surface area contributed by atoms with Crippen molar-refractivity contribution >= 4 is 27.4 Å². The van der Waals surface area contributed by atoms with Crippen LogP contribution in [0.2, 0.25) is 0 Å². The number of anilines is 2. The maximum atomic E-state index is 11.6. The van der Waals surface area contributed by atoms with Gasteiger partial charge in [-0.15, -0.1) is 0 Å². The van der Waals surface area contributed by atoms with Crippen LogP contribution in [0.3, 0.4) is 0 Å². The first-order chi connectivity index (χ1) is 9.29. The highest BCUT2D eigenvalue weighted by molar-refractivity contribution is 7.89. The Morgan fingerprint density at radius 3 is 2.60 bits per heavy atom. The SMILES string of the molecule is COC(=O)c1cccc(N)c1NCCS(=O)(=O)N(C)C. The van der Waals surface area contributed by atoms with Gasteiger partial charge in [0.15, 0.2) is 0 Å². The molecule has 0 aliphatic heterocycles. The second-order valence-electron chi connectivity index (χ2n) is 4.29. The number of nitrogens with one attached hydrogen (secondary N) is 1. The number of carbonyl (C=O) groups excluding carboxylic acids is 1. The maximum Gasteiger partial charge on any atom is 0.340 e. The molecule has 0 saturated heterocycles. The summed E-state index contributed by atoms with van der Waals surface area (Å²) in [5, 5.41) is 2.88. The number of sulfonamides is 1. The summed E-state index contributed by atoms with van der Waals surface area (Å²) in [7, 11) is 0.892. The highest BCUT2D eigenvalue weighted by Gasteiger charge is 2.16. The van der Waals surface area contributed by atoms with Gasteiger partial charge in [0.2, 0.25) is 10.0 Å². The molecule has 1 rings (SSSR count). The minimum absolute atomic E-state index is 0.102. The molecule has 7 nitrogen and oxygen atoms in total. The molecule has 0 aliphatic carbocycles. The van der Waals surface area contributed by atoms with Crippen molar-refractivity contribution in [3.8, 4) is 0 Å². The summed E-state index contributed by atoms with van der Waals surface area (Å²) < 4.78 is 29.1. The zero-order chi connectivity index (χ0) is 15.3. The van der Waals surface area contributed by atoms with Crippen molar-refractivity contribution < 1.29 is 17.9 Å². The Hall–Kier alpha value is -1.80. The zero-order valence-electron chi connectivity index (χ0n) is 11.7. The van der Waals surface area contributed by atoms with E-state index < -0.39 is 16.0 Å². The summed E-state index contributed by atoms with van der Waals surface area (Å²) in [4.78, 5) is 11.6. The summed E-state index contributed by atoms with van der Waals surface area (Å²) in [5.41, 5.74) is 6.81. The lowest BCUT2D eigenvalue weighted by Gasteiger charge is -2.15. The van der Waals surface area contributed by atoms with Crippen molar-refractivity contribution in [2.75, 3.05) is 44.6 Å². The van der Waals surface area contributed by atoms with Gasteiger partial charge in [0.1, 0.15) is 0 Å². The number of carbonyl (C=O) groups is 1. The quantitative estimate of drug-likeness (QED) is 0.581. The first kappa shape index (κ1) is 16.3. The smallest absolute Gasteiger partial charge is 0.340 e. The molecule has 0 fully saturated rings. The van der Waals surface area contributed by atoms with E-state index in [2.05, 4.69) is 10.1 Å². The number of methoxy groups -OCH3 is 1. The average molecular weight is 301 g/mol. The molecule has 0 atom stereocenters. The average Bonchev–Trinajstić information content (AvgIpc) is 2.39. The lowest BCUT2D eigenvalue weighted by Crippen LogP contribution is -2.28. The van der Waals surface area contributed by atoms with E-state index in [1.807, 2.05) is 0 Å². The van der Waals surface area contributed by atoms with Crippen molar-refractivity contribution in [1.29, 1.82) is 0 Å². The van der Waals surface area contributed by atoms with Crippen molar-refractivity contribution in [3.05, 3.63) is 23.8 Å². The molecule has 0 spiro atoms. The van der Waals surface area contributed by atoms with Crippen molar-refractivity contribution in [2.24, 2.45) is 0 Å². The summed E-state index contributed by atoms with van der Waals surface area (Å²) in [6.07, 6.45) is 0. The van der Waals surface area contributed by atoms with E-state index in [-0.39, 0.29) is 17.9 Å². The number of nitrogens with zero attached hydrogens (tertiary/aromatic N) is 1. The molecule has 0 aromatic heterocycles. The molecule has 3 N–H and O–H groups in total. The first-order valence-corrected chi connectivity index (χ1v) is 7.51. The molecule has 0 unspecified atom stereocenters. The van der Waals surface area contributed by atoms with Gasteiger partial charge in [-0.25, -0.2) is 17.5 Å². The fraction of sp³-hybridized carbons (Fsp3) is 0.417. The normalized spacial score (nSPS) is 11.4. The van der Waals surface area contributed by atoms with Crippen LogP contribution in [0.5, 0.6) is 0 Å². The molecule has 1 aromatic rings. The molecule has 1 aromatic carbocycles. The lowest BCUT2D eigenvalue weighted by atomic mass is 10.1. The van der Waals surface area contributed by atoms with Crippen LogP contribution in [0.1, 0.15) is 10.4 Å². The lowest BCUT2D eigenvalue weighted by molar-refractivity contribution is 0.0602. The number of nitrogen functional groups attached to an aromatic ring is 1. The van der Waals surface area contributed by atoms with E-state index in [4.69, 9.17) is 5.73 Å². The number of hydrogen-bond donors (Lipinski definition) is 2. The van der Waals surface area contributed by atoms with E-state index in [1.54, 1.807) is 18.2 Å². The second-order valence-corrected chi connectivity index (χ2v) is 6.59. The maximum absolute atomic E-state index is 11.6. The van der Waals surface area contributed by atoms with Gasteiger partial charge >= 0.3 is 5.97 Å². The third-order valence-corrected chi connectivity index (χ3v) is 4.55. The van der Waals surface area contributed by atoms with Crippen molar-refractivity contribution in [3.63, 3.8) is 0 Å². The topological polar surface area (TPSA) is 102 Å². The van der Waals surface area contributed by atoms with Gasteiger partial charge in [-0.1, -0.05) is 6.07 Å². The van der Waals surface area contributed by atoms with Gasteiger partial charge in [0.05, 0.1) is 29.8 Å². The van der Waals surface area contributed by atoms with Crippen molar-refractivity contribution in [1.82, 2.24) is 4.31 Å². The summed E-state index contributed by atoms with van der Waals surface area (Å²) in [5.74, 6) is -0.634. The number of rotatable bonds is 6. The largest absolute Gasteiger partial charge is 0.465 e. The molecule has 0 bridgehead atoms. The van der Waals surface area contributed by atoms with Crippen LogP contribution < -0.4 is 11.1 Å². The molecule has 8 heteroatoms. The Kier molecular flexibility index (Phi) is 5.34. The third-order valence-electron chi connectivity index (χ3n) is 2.72. The van der Waals surface area contributed by atoms with Crippen LogP contribution in [0.15, 0.2) is 18.2 Å². The van der Waals surface area contributed by atoms with Crippen LogP contribution in [0.4, 0.5) is 11.4 Å². The van der Waals surface area contributed by atoms with E-state index in [1.165, 1.54) is 21.2 Å². The molecule has 0 aliphatic rings. The summed E-state index contributed by atoms with van der Waals surface area (Å²) >= 11 is 0. The Bertz CT molecular complexity index is 584. The van der Waals surface area contributed by atoms with E-state index in [9.17, 15) is 13.2 Å². The number of para-hydroxylation sites is 1. The Balaban J connectivity index is 2.86. The number of nitrogens with two attached hydrogens (primary N) is 1. The minimum Gasteiger partial charge on any atom is -0.465 e. The van der Waals surface area contributed by atoms with Gasteiger partial charge in [-0.3, -0.25) is 0 Å². The van der Waals surface area contributed by atoms with Crippen LogP contribution in [-0.4, -0.2) is 52.2 Å². The molecule has 0 saturated carbocycles. The van der Waals surface area contributed by atoms with Gasteiger partial charge < -0.3 is 15.8 Å². The van der Waals surface area contributed by atoms with Crippen molar-refractivity contribution in [2.45, 2.75) is 0 Å².